The number of anilines is 1. The third-order valence-corrected chi connectivity index (χ3v) is 6.82. The highest BCUT2D eigenvalue weighted by Crippen LogP contribution is 2.39. The average Bonchev–Trinajstić information content (AvgIpc) is 3.57. The number of hydrogen-bond donors (Lipinski definition) is 1. The molecule has 2 heterocycles. The Bertz CT molecular complexity index is 1140. The fraction of sp³-hybridized carbons (Fsp3) is 0.385. The molecule has 0 radical (unpaired) electrons. The predicted molar refractivity (Wildman–Crippen MR) is 133 cm³/mol. The summed E-state index contributed by atoms with van der Waals surface area (Å²) in [5.74, 6) is -1.03. The van der Waals surface area contributed by atoms with Gasteiger partial charge in [0.05, 0.1) is 19.2 Å². The maximum Gasteiger partial charge on any atom is 0.304 e. The van der Waals surface area contributed by atoms with E-state index in [1.54, 1.807) is 18.2 Å². The zero-order valence-corrected chi connectivity index (χ0v) is 20.3. The summed E-state index contributed by atoms with van der Waals surface area (Å²) in [5, 5.41) is 12.0. The number of ether oxygens (including phenoxy) is 1. The summed E-state index contributed by atoms with van der Waals surface area (Å²) in [5.41, 5.74) is 3.68. The quantitative estimate of drug-likeness (QED) is 0.382. The van der Waals surface area contributed by atoms with E-state index in [4.69, 9.17) is 9.72 Å². The number of nitrogens with zero attached hydrogens (tertiary/aromatic N) is 3. The van der Waals surface area contributed by atoms with Gasteiger partial charge in [-0.2, -0.15) is 0 Å². The largest absolute Gasteiger partial charge is 0.481 e. The molecular weight excluding hydrogens is 450 g/mol. The minimum absolute atomic E-state index is 0.102. The Morgan fingerprint density at radius 1 is 1.21 bits per heavy atom. The molecule has 1 fully saturated rings. The second-order valence-electron chi connectivity index (χ2n) is 8.53. The van der Waals surface area contributed by atoms with E-state index in [1.165, 1.54) is 11.3 Å². The van der Waals surface area contributed by atoms with Crippen LogP contribution in [0.2, 0.25) is 0 Å². The number of carboxylic acids is 1. The van der Waals surface area contributed by atoms with Gasteiger partial charge in [-0.25, -0.2) is 9.97 Å². The second kappa shape index (κ2) is 10.8. The third-order valence-electron chi connectivity index (χ3n) is 5.98. The number of pyridine rings is 1. The van der Waals surface area contributed by atoms with E-state index in [2.05, 4.69) is 4.98 Å². The molecule has 0 bridgehead atoms. The van der Waals surface area contributed by atoms with Crippen LogP contribution >= 0.6 is 11.3 Å². The van der Waals surface area contributed by atoms with E-state index in [0.717, 1.165) is 48.1 Å². The van der Waals surface area contributed by atoms with Gasteiger partial charge >= 0.3 is 5.97 Å². The Morgan fingerprint density at radius 2 is 1.97 bits per heavy atom. The van der Waals surface area contributed by atoms with Crippen LogP contribution in [0.3, 0.4) is 0 Å². The van der Waals surface area contributed by atoms with E-state index >= 15 is 0 Å². The van der Waals surface area contributed by atoms with Gasteiger partial charge in [0.2, 0.25) is 11.8 Å². The molecule has 2 aromatic heterocycles. The van der Waals surface area contributed by atoms with Crippen molar-refractivity contribution in [1.82, 2.24) is 9.97 Å². The van der Waals surface area contributed by atoms with Gasteiger partial charge in [-0.1, -0.05) is 44.0 Å². The zero-order valence-electron chi connectivity index (χ0n) is 19.4. The molecule has 8 heteroatoms. The van der Waals surface area contributed by atoms with E-state index in [-0.39, 0.29) is 18.4 Å². The SMILES string of the molecule is CCCC[C@H](CC(=O)O)C(=O)N(c1nc(-c2ccccc2-c2ccc(OC)nc2)cs1)C1CC1. The number of benzene rings is 1. The Labute approximate surface area is 203 Å². The summed E-state index contributed by atoms with van der Waals surface area (Å²) in [6.07, 6.45) is 5.80. The summed E-state index contributed by atoms with van der Waals surface area (Å²) in [7, 11) is 1.59. The molecule has 178 valence electrons. The number of carbonyl (C=O) groups is 2. The topological polar surface area (TPSA) is 92.6 Å². The molecule has 1 saturated carbocycles. The first-order chi connectivity index (χ1) is 16.5. The maximum atomic E-state index is 13.5. The van der Waals surface area contributed by atoms with Gasteiger partial charge in [0.25, 0.3) is 0 Å². The van der Waals surface area contributed by atoms with Crippen molar-refractivity contribution in [1.29, 1.82) is 0 Å². The maximum absolute atomic E-state index is 13.5. The number of aliphatic carboxylic acids is 1. The minimum Gasteiger partial charge on any atom is -0.481 e. The summed E-state index contributed by atoms with van der Waals surface area (Å²) < 4.78 is 5.17. The Morgan fingerprint density at radius 3 is 2.59 bits per heavy atom. The molecule has 1 atom stereocenters. The van der Waals surface area contributed by atoms with Crippen molar-refractivity contribution < 1.29 is 19.4 Å². The van der Waals surface area contributed by atoms with Gasteiger partial charge in [-0.15, -0.1) is 11.3 Å². The molecule has 3 aromatic rings. The molecule has 0 spiro atoms. The van der Waals surface area contributed by atoms with Crippen LogP contribution in [0, 0.1) is 5.92 Å². The van der Waals surface area contributed by atoms with Gasteiger partial charge in [0.15, 0.2) is 5.13 Å². The molecule has 0 unspecified atom stereocenters. The van der Waals surface area contributed by atoms with Crippen LogP contribution in [0.5, 0.6) is 5.88 Å². The highest BCUT2D eigenvalue weighted by atomic mass is 32.1. The van der Waals surface area contributed by atoms with Gasteiger partial charge < -0.3 is 9.84 Å². The van der Waals surface area contributed by atoms with E-state index in [0.29, 0.717) is 17.4 Å². The Hall–Kier alpha value is -3.26. The number of hydrogen-bond acceptors (Lipinski definition) is 6. The molecule has 0 aliphatic heterocycles. The summed E-state index contributed by atoms with van der Waals surface area (Å²) in [6.45, 7) is 2.05. The van der Waals surface area contributed by atoms with Gasteiger partial charge in [-0.3, -0.25) is 14.5 Å². The van der Waals surface area contributed by atoms with Crippen LogP contribution in [0.15, 0.2) is 48.0 Å². The van der Waals surface area contributed by atoms with Crippen molar-refractivity contribution >= 4 is 28.3 Å². The van der Waals surface area contributed by atoms with Gasteiger partial charge in [0, 0.05) is 40.7 Å². The molecule has 7 nitrogen and oxygen atoms in total. The normalized spacial score (nSPS) is 13.9. The number of aromatic nitrogens is 2. The molecule has 1 N–H and O–H groups in total. The van der Waals surface area contributed by atoms with Gasteiger partial charge in [0.1, 0.15) is 0 Å². The van der Waals surface area contributed by atoms with Crippen LogP contribution in [-0.2, 0) is 9.59 Å². The van der Waals surface area contributed by atoms with Crippen molar-refractivity contribution in [3.05, 3.63) is 48.0 Å². The number of carbonyl (C=O) groups excluding carboxylic acids is 1. The number of unbranched alkanes of at least 4 members (excludes halogenated alkanes) is 1. The highest BCUT2D eigenvalue weighted by molar-refractivity contribution is 7.14. The Kier molecular flexibility index (Phi) is 7.57. The monoisotopic (exact) mass is 479 g/mol. The number of amides is 1. The van der Waals surface area contributed by atoms with Crippen molar-refractivity contribution in [2.75, 3.05) is 12.0 Å². The summed E-state index contributed by atoms with van der Waals surface area (Å²) >= 11 is 1.43. The molecule has 1 aliphatic rings. The second-order valence-corrected chi connectivity index (χ2v) is 9.36. The fourth-order valence-corrected chi connectivity index (χ4v) is 4.95. The lowest BCUT2D eigenvalue weighted by molar-refractivity contribution is -0.140. The smallest absolute Gasteiger partial charge is 0.304 e. The molecule has 1 amide bonds. The molecular formula is C26H29N3O4S. The fourth-order valence-electron chi connectivity index (χ4n) is 4.05. The predicted octanol–water partition coefficient (Wildman–Crippen LogP) is 5.66. The highest BCUT2D eigenvalue weighted by Gasteiger charge is 2.39. The Balaban J connectivity index is 1.64. The number of thiazole rings is 1. The lowest BCUT2D eigenvalue weighted by atomic mass is 9.97. The van der Waals surface area contributed by atoms with Crippen molar-refractivity contribution in [2.24, 2.45) is 5.92 Å². The number of carboxylic acid groups (broad SMARTS) is 1. The van der Waals surface area contributed by atoms with E-state index < -0.39 is 11.9 Å². The zero-order chi connectivity index (χ0) is 24.1. The van der Waals surface area contributed by atoms with Crippen molar-refractivity contribution in [2.45, 2.75) is 51.5 Å². The van der Waals surface area contributed by atoms with Crippen molar-refractivity contribution in [3.63, 3.8) is 0 Å². The van der Waals surface area contributed by atoms with Crippen LogP contribution in [-0.4, -0.2) is 40.1 Å². The summed E-state index contributed by atoms with van der Waals surface area (Å²) in [4.78, 5) is 35.8. The first-order valence-corrected chi connectivity index (χ1v) is 12.5. The third kappa shape index (κ3) is 5.44. The van der Waals surface area contributed by atoms with Gasteiger partial charge in [-0.05, 0) is 30.9 Å². The van der Waals surface area contributed by atoms with Crippen LogP contribution in [0.1, 0.15) is 45.4 Å². The van der Waals surface area contributed by atoms with Crippen LogP contribution in [0.25, 0.3) is 22.4 Å². The molecule has 4 rings (SSSR count). The lowest BCUT2D eigenvalue weighted by Crippen LogP contribution is -2.39. The summed E-state index contributed by atoms with van der Waals surface area (Å²) in [6, 6.07) is 11.9. The van der Waals surface area contributed by atoms with Crippen LogP contribution in [0.4, 0.5) is 5.13 Å². The minimum atomic E-state index is -0.938. The van der Waals surface area contributed by atoms with E-state index in [1.807, 2.05) is 48.7 Å². The number of rotatable bonds is 11. The molecule has 0 saturated heterocycles. The van der Waals surface area contributed by atoms with Crippen LogP contribution < -0.4 is 9.64 Å². The standard InChI is InChI=1S/C26H29N3O4S/c1-3-4-7-17(14-24(30)31)25(32)29(19-11-12-19)26-28-22(16-34-26)21-9-6-5-8-20(21)18-10-13-23(33-2)27-15-18/h5-6,8-10,13,15-17,19H,3-4,7,11-12,14H2,1-2H3,(H,30,31)/t17-/m1/s1. The number of methoxy groups -OCH3 is 1. The van der Waals surface area contributed by atoms with Crippen molar-refractivity contribution in [3.8, 4) is 28.3 Å². The first-order valence-electron chi connectivity index (χ1n) is 11.6. The molecule has 1 aromatic carbocycles. The first kappa shape index (κ1) is 23.9. The molecule has 1 aliphatic carbocycles. The molecule has 34 heavy (non-hydrogen) atoms. The average molecular weight is 480 g/mol. The lowest BCUT2D eigenvalue weighted by Gasteiger charge is -2.24. The van der Waals surface area contributed by atoms with E-state index in [9.17, 15) is 14.7 Å².